The fraction of sp³-hybridized carbons (Fsp3) is 0.417. The molecule has 0 aliphatic heterocycles. The molecule has 0 unspecified atom stereocenters. The number of aromatic nitrogens is 1. The predicted molar refractivity (Wildman–Crippen MR) is 132 cm³/mol. The van der Waals surface area contributed by atoms with Gasteiger partial charge in [0.1, 0.15) is 0 Å². The van der Waals surface area contributed by atoms with Crippen LogP contribution < -0.4 is 5.32 Å². The average Bonchev–Trinajstić information content (AvgIpc) is 3.40. The van der Waals surface area contributed by atoms with Crippen molar-refractivity contribution in [3.05, 3.63) is 53.6 Å². The van der Waals surface area contributed by atoms with E-state index in [0.717, 1.165) is 36.9 Å². The lowest BCUT2D eigenvalue weighted by atomic mass is 9.98. The summed E-state index contributed by atoms with van der Waals surface area (Å²) in [5, 5.41) is 20.2. The van der Waals surface area contributed by atoms with Crippen molar-refractivity contribution in [1.82, 2.24) is 4.98 Å². The van der Waals surface area contributed by atoms with Crippen molar-refractivity contribution in [3.63, 3.8) is 0 Å². The smallest absolute Gasteiger partial charge is 0.257 e. The van der Waals surface area contributed by atoms with Gasteiger partial charge in [0.2, 0.25) is 0 Å². The summed E-state index contributed by atoms with van der Waals surface area (Å²) in [7, 11) is -3.24. The monoisotopic (exact) mass is 490 g/mol. The lowest BCUT2D eigenvalue weighted by Crippen LogP contribution is -2.15. The van der Waals surface area contributed by atoms with Gasteiger partial charge >= 0.3 is 0 Å². The molecule has 2 fully saturated rings. The highest BCUT2D eigenvalue weighted by Crippen LogP contribution is 2.34. The quantitative estimate of drug-likeness (QED) is 0.483. The zero-order chi connectivity index (χ0) is 23.8. The van der Waals surface area contributed by atoms with E-state index in [-0.39, 0.29) is 24.4 Å². The molecule has 2 aliphatic rings. The first-order chi connectivity index (χ1) is 15.9. The molecule has 1 aromatic heterocycles. The van der Waals surface area contributed by atoms with Gasteiger partial charge in [0, 0.05) is 11.0 Å². The van der Waals surface area contributed by atoms with Crippen LogP contribution in [0.1, 0.15) is 49.8 Å². The van der Waals surface area contributed by atoms with Gasteiger partial charge in [0.05, 0.1) is 29.1 Å². The fourth-order valence-corrected chi connectivity index (χ4v) is 6.01. The predicted octanol–water partition coefficient (Wildman–Crippen LogP) is 3.91. The van der Waals surface area contributed by atoms with Crippen LogP contribution in [-0.2, 0) is 14.6 Å². The first kappa shape index (κ1) is 25.3. The Bertz CT molecular complexity index is 1080. The van der Waals surface area contributed by atoms with Crippen LogP contribution in [0, 0.1) is 5.92 Å². The van der Waals surface area contributed by atoms with Crippen molar-refractivity contribution in [2.75, 3.05) is 18.5 Å². The van der Waals surface area contributed by atoms with E-state index in [2.05, 4.69) is 16.9 Å². The van der Waals surface area contributed by atoms with Gasteiger partial charge in [0.15, 0.2) is 15.0 Å². The normalized spacial score (nSPS) is 16.7. The Balaban J connectivity index is 0.000000709. The minimum absolute atomic E-state index is 0.125. The van der Waals surface area contributed by atoms with Gasteiger partial charge in [-0.25, -0.2) is 13.4 Å². The number of hydrogen-bond acceptors (Lipinski definition) is 7. The second kappa shape index (κ2) is 11.7. The molecule has 2 saturated carbocycles. The molecule has 1 heterocycles. The Hall–Kier alpha value is -2.33. The summed E-state index contributed by atoms with van der Waals surface area (Å²) in [6.45, 7) is 3.44. The van der Waals surface area contributed by atoms with E-state index < -0.39 is 9.84 Å². The average molecular weight is 491 g/mol. The molecule has 2 aromatic rings. The molecule has 1 aromatic carbocycles. The maximum Gasteiger partial charge on any atom is 0.257 e. The van der Waals surface area contributed by atoms with E-state index >= 15 is 0 Å². The Morgan fingerprint density at radius 2 is 1.76 bits per heavy atom. The van der Waals surface area contributed by atoms with E-state index in [1.54, 1.807) is 30.3 Å². The summed E-state index contributed by atoms with van der Waals surface area (Å²) in [5.41, 5.74) is 2.02. The first-order valence-corrected chi connectivity index (χ1v) is 13.5. The van der Waals surface area contributed by atoms with Crippen LogP contribution in [-0.4, -0.2) is 48.0 Å². The van der Waals surface area contributed by atoms with Crippen molar-refractivity contribution < 1.29 is 23.4 Å². The van der Waals surface area contributed by atoms with Crippen LogP contribution in [0.4, 0.5) is 5.13 Å². The number of allylic oxidation sites excluding steroid dienone is 1. The van der Waals surface area contributed by atoms with Gasteiger partial charge in [0.25, 0.3) is 5.91 Å². The number of carbonyl (C=O) groups excluding carboxylic acids is 1. The molecule has 4 rings (SSSR count). The molecule has 0 spiro atoms. The Labute approximate surface area is 198 Å². The van der Waals surface area contributed by atoms with E-state index in [4.69, 9.17) is 10.2 Å². The number of nitrogens with zero attached hydrogens (tertiary/aromatic N) is 1. The van der Waals surface area contributed by atoms with Gasteiger partial charge in [-0.1, -0.05) is 37.6 Å². The first-order valence-electron chi connectivity index (χ1n) is 11.1. The van der Waals surface area contributed by atoms with Crippen LogP contribution in [0.15, 0.2) is 47.2 Å². The van der Waals surface area contributed by atoms with Crippen LogP contribution >= 0.6 is 11.3 Å². The number of nitrogens with one attached hydrogen (secondary N) is 1. The molecule has 33 heavy (non-hydrogen) atoms. The highest BCUT2D eigenvalue weighted by atomic mass is 32.2. The molecule has 0 radical (unpaired) electrons. The second-order valence-electron chi connectivity index (χ2n) is 8.08. The van der Waals surface area contributed by atoms with Crippen molar-refractivity contribution in [1.29, 1.82) is 0 Å². The maximum atomic E-state index is 13.0. The molecule has 2 aliphatic carbocycles. The molecule has 0 bridgehead atoms. The molecule has 1 amide bonds. The molecular formula is C24H30N2O5S2. The number of hydrogen-bond donors (Lipinski definition) is 3. The van der Waals surface area contributed by atoms with Crippen LogP contribution in [0.5, 0.6) is 0 Å². The maximum absolute atomic E-state index is 13.0. The number of aliphatic hydroxyl groups is 2. The lowest BCUT2D eigenvalue weighted by Gasteiger charge is -2.12. The summed E-state index contributed by atoms with van der Waals surface area (Å²) >= 11 is 1.35. The van der Waals surface area contributed by atoms with E-state index in [1.165, 1.54) is 24.2 Å². The highest BCUT2D eigenvalue weighted by Gasteiger charge is 2.36. The van der Waals surface area contributed by atoms with Gasteiger partial charge in [-0.3, -0.25) is 10.1 Å². The van der Waals surface area contributed by atoms with Gasteiger partial charge < -0.3 is 10.2 Å². The number of amides is 1. The van der Waals surface area contributed by atoms with Crippen LogP contribution in [0.2, 0.25) is 0 Å². The van der Waals surface area contributed by atoms with Crippen molar-refractivity contribution in [2.24, 2.45) is 5.92 Å². The molecule has 9 heteroatoms. The van der Waals surface area contributed by atoms with E-state index in [1.807, 2.05) is 11.5 Å². The lowest BCUT2D eigenvalue weighted by molar-refractivity contribution is -0.111. The zero-order valence-electron chi connectivity index (χ0n) is 18.4. The summed E-state index contributed by atoms with van der Waals surface area (Å²) in [4.78, 5) is 17.7. The molecule has 0 atom stereocenters. The number of carbonyl (C=O) groups is 1. The van der Waals surface area contributed by atoms with Crippen molar-refractivity contribution in [2.45, 2.75) is 48.7 Å². The molecular weight excluding hydrogens is 460 g/mol. The van der Waals surface area contributed by atoms with Crippen molar-refractivity contribution >= 4 is 43.9 Å². The second-order valence-corrected chi connectivity index (χ2v) is 11.2. The third-order valence-electron chi connectivity index (χ3n) is 5.56. The summed E-state index contributed by atoms with van der Waals surface area (Å²) in [5.74, 6) is 0.144. The highest BCUT2D eigenvalue weighted by molar-refractivity contribution is 7.92. The number of sulfone groups is 1. The number of aliphatic hydroxyl groups excluding tert-OH is 2. The third kappa shape index (κ3) is 6.83. The van der Waals surface area contributed by atoms with Crippen molar-refractivity contribution in [3.8, 4) is 0 Å². The van der Waals surface area contributed by atoms with Crippen LogP contribution in [0.3, 0.4) is 0 Å². The van der Waals surface area contributed by atoms with Gasteiger partial charge in [-0.05, 0) is 55.4 Å². The number of benzene rings is 1. The van der Waals surface area contributed by atoms with E-state index in [0.29, 0.717) is 21.5 Å². The zero-order valence-corrected chi connectivity index (χ0v) is 20.1. The third-order valence-corrected chi connectivity index (χ3v) is 8.61. The molecule has 3 N–H and O–H groups in total. The standard InChI is InChI=1S/C22H24N2O3S2.C2H6O2/c1-2-17-14-28-22(23-17)24-21(25)20(13-15-5-3-4-6-15)16-7-9-18(10-8-16)29(26,27)19-11-12-19;3-1-2-4/h2,7-10,13-15,19H,1,3-6,11-12H2,(H,23,24,25);3-4H,1-2H2/b20-13+;. The molecule has 178 valence electrons. The van der Waals surface area contributed by atoms with Gasteiger partial charge in [-0.2, -0.15) is 0 Å². The Kier molecular flexibility index (Phi) is 8.96. The van der Waals surface area contributed by atoms with Gasteiger partial charge in [-0.15, -0.1) is 11.3 Å². The summed E-state index contributed by atoms with van der Waals surface area (Å²) in [6.07, 6.45) is 9.63. The number of thiazole rings is 1. The fourth-order valence-electron chi connectivity index (χ4n) is 3.66. The SMILES string of the molecule is C=Cc1csc(NC(=O)/C(=C/C2CCCC2)c2ccc(S(=O)(=O)C3CC3)cc2)n1.OCCO. The van der Waals surface area contributed by atoms with E-state index in [9.17, 15) is 13.2 Å². The minimum atomic E-state index is -3.24. The molecule has 7 nitrogen and oxygen atoms in total. The summed E-state index contributed by atoms with van der Waals surface area (Å²) in [6, 6.07) is 6.73. The summed E-state index contributed by atoms with van der Waals surface area (Å²) < 4.78 is 24.9. The topological polar surface area (TPSA) is 117 Å². The largest absolute Gasteiger partial charge is 0.394 e. The number of anilines is 1. The number of rotatable bonds is 8. The molecule has 0 saturated heterocycles. The minimum Gasteiger partial charge on any atom is -0.394 e. The Morgan fingerprint density at radius 1 is 1.12 bits per heavy atom. The Morgan fingerprint density at radius 3 is 2.27 bits per heavy atom. The van der Waals surface area contributed by atoms with Crippen LogP contribution in [0.25, 0.3) is 11.6 Å².